The Balaban J connectivity index is 1.54. The van der Waals surface area contributed by atoms with Gasteiger partial charge in [-0.05, 0) is 36.1 Å². The number of carbonyl (C=O) groups is 1. The van der Waals surface area contributed by atoms with Crippen LogP contribution in [0.4, 0.5) is 10.1 Å². The summed E-state index contributed by atoms with van der Waals surface area (Å²) in [7, 11) is 1.65. The number of thiophene rings is 2. The van der Waals surface area contributed by atoms with Gasteiger partial charge in [0.1, 0.15) is 10.6 Å². The molecule has 5 nitrogen and oxygen atoms in total. The van der Waals surface area contributed by atoms with Gasteiger partial charge in [-0.15, -0.1) is 22.7 Å². The molecule has 0 atom stereocenters. The van der Waals surface area contributed by atoms with E-state index in [-0.39, 0.29) is 23.0 Å². The highest BCUT2D eigenvalue weighted by molar-refractivity contribution is 7.99. The van der Waals surface area contributed by atoms with Crippen molar-refractivity contribution in [3.8, 4) is 10.4 Å². The number of aromatic nitrogens is 2. The van der Waals surface area contributed by atoms with Crippen LogP contribution >= 0.6 is 34.4 Å². The number of fused-ring (bicyclic) bond motifs is 1. The molecule has 1 N–H and O–H groups in total. The van der Waals surface area contributed by atoms with Crippen molar-refractivity contribution in [3.05, 3.63) is 62.8 Å². The summed E-state index contributed by atoms with van der Waals surface area (Å²) in [6.07, 6.45) is 0. The van der Waals surface area contributed by atoms with Gasteiger partial charge in [0.05, 0.1) is 11.1 Å². The zero-order valence-electron chi connectivity index (χ0n) is 15.6. The minimum absolute atomic E-state index is 0.0600. The summed E-state index contributed by atoms with van der Waals surface area (Å²) in [6.45, 7) is 1.66. The van der Waals surface area contributed by atoms with E-state index in [0.717, 1.165) is 10.4 Å². The molecule has 0 aliphatic heterocycles. The molecule has 4 aromatic rings. The number of rotatable bonds is 5. The Kier molecular flexibility index (Phi) is 5.53. The predicted molar refractivity (Wildman–Crippen MR) is 119 cm³/mol. The molecule has 3 aromatic heterocycles. The summed E-state index contributed by atoms with van der Waals surface area (Å²) < 4.78 is 15.1. The minimum atomic E-state index is -0.371. The smallest absolute Gasteiger partial charge is 0.263 e. The number of amides is 1. The highest BCUT2D eigenvalue weighted by Crippen LogP contribution is 2.34. The van der Waals surface area contributed by atoms with Gasteiger partial charge in [-0.25, -0.2) is 9.37 Å². The predicted octanol–water partition coefficient (Wildman–Crippen LogP) is 4.90. The fourth-order valence-electron chi connectivity index (χ4n) is 2.79. The summed E-state index contributed by atoms with van der Waals surface area (Å²) in [5.74, 6) is -0.605. The third kappa shape index (κ3) is 3.98. The van der Waals surface area contributed by atoms with Gasteiger partial charge in [-0.2, -0.15) is 0 Å². The Hall–Kier alpha value is -2.49. The van der Waals surface area contributed by atoms with Crippen molar-refractivity contribution >= 4 is 56.2 Å². The molecule has 4 rings (SSSR count). The molecule has 0 bridgehead atoms. The molecule has 148 valence electrons. The molecule has 3 heterocycles. The molecule has 0 saturated carbocycles. The lowest BCUT2D eigenvalue weighted by molar-refractivity contribution is -0.113. The first-order chi connectivity index (χ1) is 13.9. The molecule has 0 aliphatic carbocycles. The molecule has 9 heteroatoms. The Morgan fingerprint density at radius 2 is 2.14 bits per heavy atom. The van der Waals surface area contributed by atoms with Crippen LogP contribution in [0.5, 0.6) is 0 Å². The summed E-state index contributed by atoms with van der Waals surface area (Å²) in [4.78, 5) is 31.4. The van der Waals surface area contributed by atoms with Crippen molar-refractivity contribution in [1.82, 2.24) is 9.55 Å². The number of nitrogens with one attached hydrogen (secondary N) is 1. The zero-order valence-corrected chi connectivity index (χ0v) is 18.0. The quantitative estimate of drug-likeness (QED) is 0.350. The summed E-state index contributed by atoms with van der Waals surface area (Å²) in [5.41, 5.74) is 1.67. The standard InChI is InChI=1S/C20H16FN3O2S3/c1-11-5-6-12(8-14(11)21)22-16(25)10-29-20-23-18-17(19(26)24(20)2)13(9-28-18)15-4-3-7-27-15/h3-9H,10H2,1-2H3,(H,22,25). The van der Waals surface area contributed by atoms with E-state index in [1.807, 2.05) is 22.9 Å². The highest BCUT2D eigenvalue weighted by Gasteiger charge is 2.17. The van der Waals surface area contributed by atoms with Gasteiger partial charge in [-0.3, -0.25) is 14.2 Å². The Morgan fingerprint density at radius 1 is 1.31 bits per heavy atom. The van der Waals surface area contributed by atoms with Gasteiger partial charge in [-0.1, -0.05) is 23.9 Å². The summed E-state index contributed by atoms with van der Waals surface area (Å²) in [5, 5.41) is 7.64. The SMILES string of the molecule is Cc1ccc(NC(=O)CSc2nc3scc(-c4cccs4)c3c(=O)n2C)cc1F. The van der Waals surface area contributed by atoms with Crippen LogP contribution < -0.4 is 10.9 Å². The van der Waals surface area contributed by atoms with Crippen LogP contribution in [-0.2, 0) is 11.8 Å². The van der Waals surface area contributed by atoms with E-state index in [1.54, 1.807) is 37.4 Å². The number of carbonyl (C=O) groups excluding carboxylic acids is 1. The van der Waals surface area contributed by atoms with Crippen LogP contribution in [0.3, 0.4) is 0 Å². The van der Waals surface area contributed by atoms with Crippen molar-refractivity contribution in [2.45, 2.75) is 12.1 Å². The van der Waals surface area contributed by atoms with Crippen LogP contribution in [0.1, 0.15) is 5.56 Å². The lowest BCUT2D eigenvalue weighted by atomic mass is 10.2. The maximum Gasteiger partial charge on any atom is 0.263 e. The summed E-state index contributed by atoms with van der Waals surface area (Å²) >= 11 is 4.17. The molecule has 0 saturated heterocycles. The molecule has 0 fully saturated rings. The molecule has 0 radical (unpaired) electrons. The van der Waals surface area contributed by atoms with Gasteiger partial charge < -0.3 is 5.32 Å². The fourth-order valence-corrected chi connectivity index (χ4v) is 5.37. The van der Waals surface area contributed by atoms with E-state index in [2.05, 4.69) is 10.3 Å². The normalized spacial score (nSPS) is 11.1. The first kappa shape index (κ1) is 19.8. The number of nitrogens with zero attached hydrogens (tertiary/aromatic N) is 2. The third-order valence-electron chi connectivity index (χ3n) is 4.35. The maximum absolute atomic E-state index is 13.6. The molecule has 0 unspecified atom stereocenters. The Bertz CT molecular complexity index is 1260. The molecular weight excluding hydrogens is 429 g/mol. The van der Waals surface area contributed by atoms with Crippen molar-refractivity contribution < 1.29 is 9.18 Å². The second-order valence-corrected chi connectivity index (χ2v) is 9.11. The Morgan fingerprint density at radius 3 is 2.86 bits per heavy atom. The number of anilines is 1. The van der Waals surface area contributed by atoms with E-state index in [1.165, 1.54) is 33.7 Å². The second kappa shape index (κ2) is 8.10. The monoisotopic (exact) mass is 445 g/mol. The minimum Gasteiger partial charge on any atom is -0.325 e. The zero-order chi connectivity index (χ0) is 20.5. The van der Waals surface area contributed by atoms with Gasteiger partial charge >= 0.3 is 0 Å². The largest absolute Gasteiger partial charge is 0.325 e. The van der Waals surface area contributed by atoms with Gasteiger partial charge in [0.15, 0.2) is 5.16 Å². The van der Waals surface area contributed by atoms with Crippen molar-refractivity contribution in [1.29, 1.82) is 0 Å². The molecule has 1 aromatic carbocycles. The average molecular weight is 446 g/mol. The van der Waals surface area contributed by atoms with Crippen LogP contribution in [0.2, 0.25) is 0 Å². The Labute approximate surface area is 178 Å². The number of hydrogen-bond donors (Lipinski definition) is 1. The molecule has 0 spiro atoms. The van der Waals surface area contributed by atoms with Crippen LogP contribution in [0, 0.1) is 12.7 Å². The highest BCUT2D eigenvalue weighted by atomic mass is 32.2. The molecule has 0 aliphatic rings. The van der Waals surface area contributed by atoms with Gasteiger partial charge in [0.25, 0.3) is 5.56 Å². The van der Waals surface area contributed by atoms with Gasteiger partial charge in [0.2, 0.25) is 5.91 Å². The van der Waals surface area contributed by atoms with Crippen molar-refractivity contribution in [3.63, 3.8) is 0 Å². The van der Waals surface area contributed by atoms with E-state index < -0.39 is 0 Å². The number of aryl methyl sites for hydroxylation is 1. The molecule has 1 amide bonds. The molecule has 29 heavy (non-hydrogen) atoms. The summed E-state index contributed by atoms with van der Waals surface area (Å²) in [6, 6.07) is 8.48. The number of thioether (sulfide) groups is 1. The first-order valence-electron chi connectivity index (χ1n) is 8.65. The van der Waals surface area contributed by atoms with E-state index in [0.29, 0.717) is 26.6 Å². The van der Waals surface area contributed by atoms with E-state index in [4.69, 9.17) is 0 Å². The van der Waals surface area contributed by atoms with Crippen LogP contribution in [0.25, 0.3) is 20.7 Å². The van der Waals surface area contributed by atoms with E-state index in [9.17, 15) is 14.0 Å². The topological polar surface area (TPSA) is 64.0 Å². The number of benzene rings is 1. The van der Waals surface area contributed by atoms with Crippen molar-refractivity contribution in [2.75, 3.05) is 11.1 Å². The lowest BCUT2D eigenvalue weighted by Gasteiger charge is -2.09. The van der Waals surface area contributed by atoms with Crippen molar-refractivity contribution in [2.24, 2.45) is 7.05 Å². The average Bonchev–Trinajstić information content (AvgIpc) is 3.36. The maximum atomic E-state index is 13.6. The number of hydrogen-bond acceptors (Lipinski definition) is 6. The lowest BCUT2D eigenvalue weighted by Crippen LogP contribution is -2.21. The third-order valence-corrected chi connectivity index (χ3v) is 7.15. The first-order valence-corrected chi connectivity index (χ1v) is 11.4. The fraction of sp³-hybridized carbons (Fsp3) is 0.150. The van der Waals surface area contributed by atoms with Crippen LogP contribution in [-0.4, -0.2) is 21.2 Å². The number of halogens is 1. The van der Waals surface area contributed by atoms with Gasteiger partial charge in [0, 0.05) is 28.6 Å². The van der Waals surface area contributed by atoms with Crippen LogP contribution in [0.15, 0.2) is 51.0 Å². The molecular formula is C20H16FN3O2S3. The van der Waals surface area contributed by atoms with E-state index >= 15 is 0 Å². The second-order valence-electron chi connectivity index (χ2n) is 6.37.